The van der Waals surface area contributed by atoms with E-state index in [4.69, 9.17) is 11.5 Å². The SMILES string of the molecule is CC(C)(C)Cc1ccc(-c2cc(Cn3cnc(/C(N)=N/O)c3/C(N)=N/O)cc(-c3ccc(CC(C)(C)C)cc3)c2)cc1. The molecule has 220 valence electrons. The van der Waals surface area contributed by atoms with E-state index in [1.54, 1.807) is 4.57 Å². The van der Waals surface area contributed by atoms with Crippen molar-refractivity contribution >= 4 is 11.7 Å². The van der Waals surface area contributed by atoms with Crippen molar-refractivity contribution in [3.8, 4) is 22.3 Å². The summed E-state index contributed by atoms with van der Waals surface area (Å²) in [4.78, 5) is 4.27. The quantitative estimate of drug-likeness (QED) is 0.0821. The zero-order valence-corrected chi connectivity index (χ0v) is 25.4. The fraction of sp³-hybridized carbons (Fsp3) is 0.324. The Bertz CT molecular complexity index is 1510. The van der Waals surface area contributed by atoms with Gasteiger partial charge in [0.1, 0.15) is 11.4 Å². The van der Waals surface area contributed by atoms with Crippen LogP contribution >= 0.6 is 0 Å². The molecule has 1 aromatic heterocycles. The lowest BCUT2D eigenvalue weighted by Crippen LogP contribution is -2.25. The number of aromatic nitrogens is 2. The van der Waals surface area contributed by atoms with Gasteiger partial charge in [0.2, 0.25) is 0 Å². The molecule has 0 aliphatic heterocycles. The molecule has 6 N–H and O–H groups in total. The van der Waals surface area contributed by atoms with E-state index in [0.29, 0.717) is 6.54 Å². The number of benzene rings is 3. The summed E-state index contributed by atoms with van der Waals surface area (Å²) in [6.45, 7) is 13.8. The van der Waals surface area contributed by atoms with Crippen molar-refractivity contribution in [3.05, 3.63) is 101 Å². The fourth-order valence-electron chi connectivity index (χ4n) is 5.22. The summed E-state index contributed by atoms with van der Waals surface area (Å²) in [7, 11) is 0. The molecule has 0 bridgehead atoms. The van der Waals surface area contributed by atoms with E-state index in [2.05, 4.69) is 124 Å². The molecule has 0 unspecified atom stereocenters. The van der Waals surface area contributed by atoms with Gasteiger partial charge in [-0.15, -0.1) is 0 Å². The normalized spacial score (nSPS) is 13.0. The highest BCUT2D eigenvalue weighted by molar-refractivity contribution is 6.07. The van der Waals surface area contributed by atoms with Crippen LogP contribution in [0.15, 0.2) is 83.4 Å². The van der Waals surface area contributed by atoms with Crippen LogP contribution in [0.2, 0.25) is 0 Å². The van der Waals surface area contributed by atoms with Crippen molar-refractivity contribution in [3.63, 3.8) is 0 Å². The van der Waals surface area contributed by atoms with E-state index in [-0.39, 0.29) is 33.9 Å². The van der Waals surface area contributed by atoms with Crippen molar-refractivity contribution < 1.29 is 10.4 Å². The van der Waals surface area contributed by atoms with Crippen molar-refractivity contribution in [2.24, 2.45) is 32.6 Å². The molecule has 0 spiro atoms. The first-order valence-corrected chi connectivity index (χ1v) is 14.1. The molecule has 0 amide bonds. The van der Waals surface area contributed by atoms with Gasteiger partial charge in [0.05, 0.1) is 6.33 Å². The molecule has 4 aromatic rings. The van der Waals surface area contributed by atoms with E-state index in [1.807, 2.05) is 0 Å². The van der Waals surface area contributed by atoms with Crippen LogP contribution in [0.4, 0.5) is 0 Å². The Balaban J connectivity index is 1.79. The molecule has 0 aliphatic rings. The van der Waals surface area contributed by atoms with Crippen LogP contribution < -0.4 is 11.5 Å². The third kappa shape index (κ3) is 7.57. The Morgan fingerprint density at radius 2 is 1.12 bits per heavy atom. The van der Waals surface area contributed by atoms with Crippen LogP contribution in [-0.2, 0) is 19.4 Å². The van der Waals surface area contributed by atoms with Gasteiger partial charge in [-0.1, -0.05) is 100 Å². The molecule has 8 heteroatoms. The summed E-state index contributed by atoms with van der Waals surface area (Å²) in [5, 5.41) is 24.8. The van der Waals surface area contributed by atoms with Crippen molar-refractivity contribution in [1.82, 2.24) is 9.55 Å². The van der Waals surface area contributed by atoms with Crippen LogP contribution in [0.3, 0.4) is 0 Å². The summed E-state index contributed by atoms with van der Waals surface area (Å²) < 4.78 is 1.73. The Morgan fingerprint density at radius 3 is 1.52 bits per heavy atom. The molecule has 42 heavy (non-hydrogen) atoms. The second kappa shape index (κ2) is 12.1. The Hall–Kier alpha value is -4.59. The van der Waals surface area contributed by atoms with E-state index in [9.17, 15) is 10.4 Å². The molecule has 0 aliphatic carbocycles. The molecular weight excluding hydrogens is 524 g/mol. The summed E-state index contributed by atoms with van der Waals surface area (Å²) in [5.74, 6) is -0.412. The Morgan fingerprint density at radius 1 is 0.667 bits per heavy atom. The minimum absolute atomic E-state index is 0.132. The molecule has 0 fully saturated rings. The molecule has 4 rings (SSSR count). The lowest BCUT2D eigenvalue weighted by atomic mass is 9.87. The monoisotopic (exact) mass is 566 g/mol. The molecule has 0 atom stereocenters. The van der Waals surface area contributed by atoms with Crippen LogP contribution in [0, 0.1) is 10.8 Å². The number of amidine groups is 2. The van der Waals surface area contributed by atoms with Crippen LogP contribution in [0.1, 0.15) is 69.6 Å². The average Bonchev–Trinajstić information content (AvgIpc) is 3.34. The predicted molar refractivity (Wildman–Crippen MR) is 170 cm³/mol. The molecule has 1 heterocycles. The van der Waals surface area contributed by atoms with Gasteiger partial charge in [0, 0.05) is 6.54 Å². The van der Waals surface area contributed by atoms with E-state index >= 15 is 0 Å². The van der Waals surface area contributed by atoms with E-state index < -0.39 is 0 Å². The number of nitrogens with two attached hydrogens (primary N) is 2. The maximum atomic E-state index is 9.43. The first kappa shape index (κ1) is 30.4. The second-order valence-electron chi connectivity index (χ2n) is 13.3. The highest BCUT2D eigenvalue weighted by Crippen LogP contribution is 2.31. The molecule has 0 saturated carbocycles. The van der Waals surface area contributed by atoms with Gasteiger partial charge in [-0.2, -0.15) is 0 Å². The van der Waals surface area contributed by atoms with Crippen LogP contribution in [0.5, 0.6) is 0 Å². The van der Waals surface area contributed by atoms with Gasteiger partial charge in [-0.3, -0.25) is 0 Å². The summed E-state index contributed by atoms with van der Waals surface area (Å²) >= 11 is 0. The van der Waals surface area contributed by atoms with Gasteiger partial charge in [-0.05, 0) is 80.8 Å². The number of oxime groups is 2. The predicted octanol–water partition coefficient (Wildman–Crippen LogP) is 6.63. The maximum Gasteiger partial charge on any atom is 0.191 e. The van der Waals surface area contributed by atoms with E-state index in [1.165, 1.54) is 17.5 Å². The first-order valence-electron chi connectivity index (χ1n) is 14.1. The summed E-state index contributed by atoms with van der Waals surface area (Å²) in [6.07, 6.45) is 3.54. The average molecular weight is 567 g/mol. The summed E-state index contributed by atoms with van der Waals surface area (Å²) in [6, 6.07) is 24.0. The second-order valence-corrected chi connectivity index (χ2v) is 13.3. The summed E-state index contributed by atoms with van der Waals surface area (Å²) in [5.41, 5.74) is 20.6. The minimum Gasteiger partial charge on any atom is -0.409 e. The molecule has 8 nitrogen and oxygen atoms in total. The standard InChI is InChI=1S/C34H42N6O2/c1-33(2,3)18-22-7-11-25(12-8-22)27-15-24(20-40-21-37-29(31(35)38-41)30(40)32(36)39-42)16-28(17-27)26-13-9-23(10-14-26)19-34(4,5)6/h7-17,21,41-42H,18-20H2,1-6H3,(H2,35,38)(H2,36,39). The molecular formula is C34H42N6O2. The third-order valence-corrected chi connectivity index (χ3v) is 6.93. The van der Waals surface area contributed by atoms with Gasteiger partial charge in [0.25, 0.3) is 0 Å². The van der Waals surface area contributed by atoms with Crippen LogP contribution in [-0.4, -0.2) is 31.6 Å². The topological polar surface area (TPSA) is 135 Å². The third-order valence-electron chi connectivity index (χ3n) is 6.93. The molecule has 0 radical (unpaired) electrons. The first-order chi connectivity index (χ1) is 19.8. The highest BCUT2D eigenvalue weighted by atomic mass is 16.4. The van der Waals surface area contributed by atoms with Gasteiger partial charge < -0.3 is 26.4 Å². The Labute approximate surface area is 248 Å². The zero-order valence-electron chi connectivity index (χ0n) is 25.4. The number of hydrogen-bond acceptors (Lipinski definition) is 5. The lowest BCUT2D eigenvalue weighted by Gasteiger charge is -2.19. The number of nitrogens with zero attached hydrogens (tertiary/aromatic N) is 4. The van der Waals surface area contributed by atoms with E-state index in [0.717, 1.165) is 40.7 Å². The van der Waals surface area contributed by atoms with Crippen molar-refractivity contribution in [2.75, 3.05) is 0 Å². The van der Waals surface area contributed by atoms with Crippen molar-refractivity contribution in [1.29, 1.82) is 0 Å². The van der Waals surface area contributed by atoms with Crippen LogP contribution in [0.25, 0.3) is 22.3 Å². The molecule has 3 aromatic carbocycles. The minimum atomic E-state index is -0.226. The van der Waals surface area contributed by atoms with Crippen molar-refractivity contribution in [2.45, 2.75) is 60.9 Å². The van der Waals surface area contributed by atoms with Gasteiger partial charge >= 0.3 is 0 Å². The van der Waals surface area contributed by atoms with Gasteiger partial charge in [0.15, 0.2) is 11.7 Å². The largest absolute Gasteiger partial charge is 0.409 e. The highest BCUT2D eigenvalue weighted by Gasteiger charge is 2.20. The maximum absolute atomic E-state index is 9.43. The Kier molecular flexibility index (Phi) is 8.75. The fourth-order valence-corrected chi connectivity index (χ4v) is 5.22. The lowest BCUT2D eigenvalue weighted by molar-refractivity contribution is 0.317. The smallest absolute Gasteiger partial charge is 0.191 e. The van der Waals surface area contributed by atoms with Gasteiger partial charge in [-0.25, -0.2) is 4.98 Å². The molecule has 0 saturated heterocycles. The number of hydrogen-bond donors (Lipinski definition) is 4. The number of imidazole rings is 1. The zero-order chi connectivity index (χ0) is 30.7. The number of rotatable bonds is 8.